The number of hydrogen-bond acceptors (Lipinski definition) is 32. The monoisotopic (exact) mass is 1730 g/mol. The van der Waals surface area contributed by atoms with Crippen molar-refractivity contribution in [1.29, 1.82) is 10.8 Å². The summed E-state index contributed by atoms with van der Waals surface area (Å²) in [5.74, 6) is -0.816. The van der Waals surface area contributed by atoms with Crippen LogP contribution < -0.4 is 74.3 Å². The third-order valence-corrected chi connectivity index (χ3v) is 7.30. The van der Waals surface area contributed by atoms with Gasteiger partial charge in [0, 0.05) is 48.9 Å². The average Bonchev–Trinajstić information content (AvgIpc) is 3.27. The number of nitrogen functional groups attached to an aromatic ring is 1. The summed E-state index contributed by atoms with van der Waals surface area (Å²) in [6, 6.07) is 19.4. The van der Waals surface area contributed by atoms with E-state index in [2.05, 4.69) is 22.9 Å². The number of nitrogens with zero attached hydrogens (tertiary/aromatic N) is 7. The third-order valence-electron chi connectivity index (χ3n) is 4.32. The molecule has 0 fully saturated rings. The molecule has 0 spiro atoms. The van der Waals surface area contributed by atoms with Crippen molar-refractivity contribution in [2.45, 2.75) is 58.4 Å². The van der Waals surface area contributed by atoms with Crippen molar-refractivity contribution in [3.63, 3.8) is 0 Å². The molecule has 0 radical (unpaired) electrons. The van der Waals surface area contributed by atoms with E-state index >= 15 is 0 Å². The van der Waals surface area contributed by atoms with E-state index in [9.17, 15) is 17.9 Å². The van der Waals surface area contributed by atoms with Crippen LogP contribution in [0.4, 0.5) is 11.4 Å². The van der Waals surface area contributed by atoms with Crippen LogP contribution in [0.3, 0.4) is 0 Å². The molecule has 46 nitrogen and oxygen atoms in total. The number of phenols is 1. The van der Waals surface area contributed by atoms with Gasteiger partial charge in [0.15, 0.2) is 16.4 Å². The molecule has 0 bridgehead atoms. The molecule has 96 heavy (non-hydrogen) atoms. The molecular formula is C33H61Cl8N8Na2O38S7-. The van der Waals surface area contributed by atoms with Gasteiger partial charge in [-0.25, -0.2) is 17.0 Å². The van der Waals surface area contributed by atoms with E-state index in [0.29, 0.717) is 30.8 Å². The smallest absolute Gasteiger partial charge is 0.726 e. The number of anilines is 1. The van der Waals surface area contributed by atoms with Crippen LogP contribution in [0.1, 0.15) is 57.0 Å². The first-order valence-electron chi connectivity index (χ1n) is 17.1. The summed E-state index contributed by atoms with van der Waals surface area (Å²) in [5, 5.41) is 66.5. The average molecular weight is 1730 g/mol. The van der Waals surface area contributed by atoms with Crippen molar-refractivity contribution >= 4 is 183 Å². The second-order valence-corrected chi connectivity index (χ2v) is 20.3. The molecular weight excluding hydrogens is 1670 g/mol. The summed E-state index contributed by atoms with van der Waals surface area (Å²) in [6.07, 6.45) is 0. The van der Waals surface area contributed by atoms with Crippen LogP contribution in [0.15, 0.2) is 93.9 Å². The Bertz CT molecular complexity index is 3140. The topological polar surface area (TPSA) is 850 Å². The van der Waals surface area contributed by atoms with E-state index in [1.54, 1.807) is 48.5 Å². The van der Waals surface area contributed by atoms with E-state index in [0.717, 1.165) is 27.9 Å². The first-order valence-corrected chi connectivity index (χ1v) is 29.5. The summed E-state index contributed by atoms with van der Waals surface area (Å²) in [4.78, 5) is 33.9. The van der Waals surface area contributed by atoms with Crippen molar-refractivity contribution in [3.8, 4) is 5.75 Å². The van der Waals surface area contributed by atoms with Gasteiger partial charge in [-0.3, -0.25) is 50.3 Å². The van der Waals surface area contributed by atoms with Gasteiger partial charge < -0.3 is 61.3 Å². The molecule has 19 N–H and O–H groups in total. The van der Waals surface area contributed by atoms with Crippen molar-refractivity contribution < 1.29 is 214 Å². The second kappa shape index (κ2) is 84.0. The molecule has 4 aromatic carbocycles. The zero-order valence-corrected chi connectivity index (χ0v) is 59.0. The molecule has 0 aromatic heterocycles. The fourth-order valence-corrected chi connectivity index (χ4v) is 3.88. The molecule has 4 aromatic rings. The van der Waals surface area contributed by atoms with Gasteiger partial charge in [0.25, 0.3) is 16.8 Å². The van der Waals surface area contributed by atoms with Gasteiger partial charge in [0.1, 0.15) is 10.9 Å². The first-order chi connectivity index (χ1) is 38.3. The fraction of sp³-hybridized carbons (Fsp3) is 0.242. The van der Waals surface area contributed by atoms with E-state index < -0.39 is 79.2 Å². The van der Waals surface area contributed by atoms with Crippen molar-refractivity contribution in [2.24, 2.45) is 21.1 Å². The molecule has 0 saturated carbocycles. The molecule has 0 atom stereocenters. The molecule has 0 unspecified atom stereocenters. The maximum absolute atomic E-state index is 10.6. The van der Waals surface area contributed by atoms with Crippen molar-refractivity contribution in [3.05, 3.63) is 138 Å². The van der Waals surface area contributed by atoms with E-state index in [1.807, 2.05) is 13.0 Å². The molecule has 4 rings (SSSR count). The minimum absolute atomic E-state index is 0. The van der Waals surface area contributed by atoms with Gasteiger partial charge in [-0.05, 0) is 83.4 Å². The van der Waals surface area contributed by atoms with E-state index in [-0.39, 0.29) is 131 Å². The Labute approximate surface area is 635 Å². The van der Waals surface area contributed by atoms with Crippen LogP contribution in [0, 0.1) is 37.6 Å². The number of benzene rings is 4. The molecule has 0 aliphatic rings. The molecule has 0 heterocycles. The Morgan fingerprint density at radius 1 is 0.573 bits per heavy atom. The van der Waals surface area contributed by atoms with Gasteiger partial charge in [-0.15, -0.1) is 15.2 Å². The Hall–Kier alpha value is -3.39. The van der Waals surface area contributed by atoms with Crippen LogP contribution in [0.2, 0.25) is 40.2 Å². The number of carbonyl (C=O) groups is 1. The maximum atomic E-state index is 10.6. The number of aryl methyl sites for hydroxylation is 1. The summed E-state index contributed by atoms with van der Waals surface area (Å²) in [6.45, 7) is 3.01. The van der Waals surface area contributed by atoms with Crippen molar-refractivity contribution in [2.75, 3.05) is 5.73 Å². The zero-order chi connectivity index (χ0) is 71.2. The standard InChI is InChI=1S/C7H6Cl2.C6H4Cl2N2O4S.C6H5Cl2N.C6H4Cl2O.C2H4O2.6CH4.N2.HNO5S.2HNO2.2Na.5H2O4S.2H2O/c1-5-4-6(8)2-3-7(5)9;7-4-1-2-5(8)6(3-4)9-10-15(12)14-13-11;2*7-4-1-2-5(8)6(9)3-4;1-2(3)4;;;;;;;1-2;2-1-6-7(3,4)5;2*2-1-3;;;5*1-5(2,3)4;;/h2-4H,1H3;1-3,11H;1-3H,9H2;1-3,9H;1H3,(H,3,4);6*1H4;;(H,3,4,5);2*(H,2,3);;;5*(H2,1,2,3,4);2*1H2/q;;;;;;;;;;;;;;;2*+1;;;;;;;/p-3. The minimum Gasteiger partial charge on any atom is -0.726 e. The predicted molar refractivity (Wildman–Crippen MR) is 340 cm³/mol. The summed E-state index contributed by atoms with van der Waals surface area (Å²) >= 11 is 44.9. The zero-order valence-electron chi connectivity index (χ0n) is 43.2. The number of hydrogen-bond donors (Lipinski definition) is 14. The number of aromatic hydroxyl groups is 1. The van der Waals surface area contributed by atoms with Crippen LogP contribution in [-0.2, 0) is 95.9 Å². The normalized spacial score (nSPS) is 8.59. The Morgan fingerprint density at radius 3 is 1.01 bits per heavy atom. The number of carboxylic acids is 1. The van der Waals surface area contributed by atoms with Gasteiger partial charge in [0.05, 0.1) is 20.8 Å². The van der Waals surface area contributed by atoms with Gasteiger partial charge >= 0.3 is 111 Å². The van der Waals surface area contributed by atoms with E-state index in [1.165, 1.54) is 28.9 Å². The molecule has 0 aliphatic heterocycles. The first kappa shape index (κ1) is 147. The van der Waals surface area contributed by atoms with Crippen molar-refractivity contribution in [1.82, 2.24) is 4.16 Å². The molecule has 63 heteroatoms. The number of rotatable bonds is 5. The van der Waals surface area contributed by atoms with Gasteiger partial charge in [-0.2, -0.15) is 42.1 Å². The Kier molecular flexibility index (Phi) is 129. The minimum atomic E-state index is -4.92. The van der Waals surface area contributed by atoms with Crippen LogP contribution in [0.5, 0.6) is 5.75 Å². The summed E-state index contributed by atoms with van der Waals surface area (Å²) < 4.78 is 205. The number of halogens is 8. The number of nitrogens with two attached hydrogens (primary N) is 1. The number of carboxylic acid groups (broad SMARTS) is 1. The number of aliphatic carboxylic acids is 1. The van der Waals surface area contributed by atoms with Crippen LogP contribution in [-0.4, -0.2) is 133 Å². The molecule has 0 saturated heterocycles. The summed E-state index contributed by atoms with van der Waals surface area (Å²) in [7, 11) is -30.6. The third kappa shape index (κ3) is 198. The largest absolute Gasteiger partial charge is 1.00 e. The Balaban J connectivity index is -0.0000000367. The molecule has 0 amide bonds. The molecule has 562 valence electrons. The quantitative estimate of drug-likeness (QED) is 0.0117. The predicted octanol–water partition coefficient (Wildman–Crippen LogP) is 2.58. The number of phenolic OH excluding ortho intramolecular Hbond substituents is 1. The molecule has 0 aliphatic carbocycles. The maximum Gasteiger partial charge on any atom is 1.00 e. The van der Waals surface area contributed by atoms with Gasteiger partial charge in [-0.1, -0.05) is 137 Å². The Morgan fingerprint density at radius 2 is 0.812 bits per heavy atom. The fourth-order valence-electron chi connectivity index (χ4n) is 2.32. The van der Waals surface area contributed by atoms with E-state index in [4.69, 9.17) is 242 Å². The summed E-state index contributed by atoms with van der Waals surface area (Å²) in [5.41, 5.74) is 7.14. The van der Waals surface area contributed by atoms with Crippen LogP contribution >= 0.6 is 92.8 Å². The van der Waals surface area contributed by atoms with Gasteiger partial charge in [0.2, 0.25) is 10.4 Å². The SMILES string of the molecule is C.C.C.C.C.C.CC(=O)O.Cc1cc(Cl)ccc1Cl.N#N.Nc1cc(Cl)ccc1Cl.O.O.O=NO.O=NOS(=O)(=O)O.O=N[O-].O=S(=O)(O)O.O=S(=O)(O)O.O=S(=O)(O)O.O=S(=O)(O)O.O=S(=O)([O-])O.O=[S-](=[N+]=Nc1cc(Cl)ccc1Cl)OO[O-].Oc1cc(Cl)ccc1Cl.[Na+].[Na+]. The van der Waals surface area contributed by atoms with Crippen LogP contribution in [0.25, 0.3) is 0 Å². The second-order valence-electron chi connectivity index (χ2n) is 10.8.